The van der Waals surface area contributed by atoms with Crippen molar-refractivity contribution in [2.45, 2.75) is 20.3 Å². The van der Waals surface area contributed by atoms with E-state index in [-0.39, 0.29) is 5.83 Å². The Bertz CT molecular complexity index is 159. The summed E-state index contributed by atoms with van der Waals surface area (Å²) in [5.41, 5.74) is 0.779. The van der Waals surface area contributed by atoms with Gasteiger partial charge in [0, 0.05) is 6.54 Å². The third kappa shape index (κ3) is 3.94. The molecule has 0 aliphatic rings. The normalized spacial score (nSPS) is 13.8. The van der Waals surface area contributed by atoms with Gasteiger partial charge in [-0.2, -0.15) is 0 Å². The van der Waals surface area contributed by atoms with E-state index in [4.69, 9.17) is 0 Å². The molecular formula is C9H16FN. The van der Waals surface area contributed by atoms with Crippen LogP contribution in [0, 0.1) is 0 Å². The minimum Gasteiger partial charge on any atom is -0.314 e. The second-order valence-corrected chi connectivity index (χ2v) is 2.31. The van der Waals surface area contributed by atoms with E-state index in [0.29, 0.717) is 6.54 Å². The molecule has 0 aliphatic carbocycles. The summed E-state index contributed by atoms with van der Waals surface area (Å²) in [7, 11) is 1.74. The number of hydrogen-bond acceptors (Lipinski definition) is 1. The molecule has 1 nitrogen and oxygen atoms in total. The molecule has 2 heteroatoms. The molecular weight excluding hydrogens is 141 g/mol. The molecule has 0 aliphatic heterocycles. The molecule has 0 saturated heterocycles. The number of allylic oxidation sites excluding steroid dienone is 3. The van der Waals surface area contributed by atoms with Crippen molar-refractivity contribution in [3.05, 3.63) is 23.6 Å². The van der Waals surface area contributed by atoms with E-state index in [1.807, 2.05) is 26.0 Å². The van der Waals surface area contributed by atoms with Gasteiger partial charge in [-0.05, 0) is 26.0 Å². The van der Waals surface area contributed by atoms with E-state index in [9.17, 15) is 4.39 Å². The van der Waals surface area contributed by atoms with E-state index in [1.54, 1.807) is 7.05 Å². The maximum Gasteiger partial charge on any atom is 0.117 e. The van der Waals surface area contributed by atoms with Crippen LogP contribution in [0.2, 0.25) is 0 Å². The monoisotopic (exact) mass is 157 g/mol. The largest absolute Gasteiger partial charge is 0.314 e. The van der Waals surface area contributed by atoms with Gasteiger partial charge in [-0.15, -0.1) is 0 Å². The predicted molar refractivity (Wildman–Crippen MR) is 47.2 cm³/mol. The number of halogens is 1. The Kier molecular flexibility index (Phi) is 5.75. The molecule has 0 unspecified atom stereocenters. The first-order valence-corrected chi connectivity index (χ1v) is 3.91. The minimum atomic E-state index is -0.0619. The summed E-state index contributed by atoms with van der Waals surface area (Å²) in [6, 6.07) is 0. The van der Waals surface area contributed by atoms with Gasteiger partial charge in [-0.25, -0.2) is 4.39 Å². The molecule has 0 saturated carbocycles. The molecule has 0 atom stereocenters. The van der Waals surface area contributed by atoms with Gasteiger partial charge in [0.05, 0.1) is 0 Å². The van der Waals surface area contributed by atoms with E-state index >= 15 is 0 Å². The average molecular weight is 157 g/mol. The van der Waals surface area contributed by atoms with Crippen molar-refractivity contribution in [2.24, 2.45) is 0 Å². The Balaban J connectivity index is 4.26. The zero-order valence-corrected chi connectivity index (χ0v) is 7.45. The van der Waals surface area contributed by atoms with Crippen LogP contribution >= 0.6 is 0 Å². The standard InChI is InChI=1S/C9H16FN/c1-4-6-8(5-2)9(10)7-11-3/h4,6,11H,5,7H2,1-3H3/b6-4-,9-8+. The number of hydrogen-bond donors (Lipinski definition) is 1. The second kappa shape index (κ2) is 6.10. The molecule has 0 rings (SSSR count). The lowest BCUT2D eigenvalue weighted by Crippen LogP contribution is -2.09. The highest BCUT2D eigenvalue weighted by Gasteiger charge is 1.98. The van der Waals surface area contributed by atoms with Gasteiger partial charge in [-0.3, -0.25) is 0 Å². The van der Waals surface area contributed by atoms with Crippen LogP contribution in [0.4, 0.5) is 4.39 Å². The molecule has 11 heavy (non-hydrogen) atoms. The molecule has 1 N–H and O–H groups in total. The highest BCUT2D eigenvalue weighted by Crippen LogP contribution is 2.10. The average Bonchev–Trinajstić information content (AvgIpc) is 2.00. The molecule has 64 valence electrons. The fourth-order valence-electron chi connectivity index (χ4n) is 0.870. The van der Waals surface area contributed by atoms with Crippen molar-refractivity contribution in [3.8, 4) is 0 Å². The lowest BCUT2D eigenvalue weighted by Gasteiger charge is -2.00. The summed E-state index contributed by atoms with van der Waals surface area (Å²) in [5.74, 6) is -0.0619. The fraction of sp³-hybridized carbons (Fsp3) is 0.556. The molecule has 0 bridgehead atoms. The van der Waals surface area contributed by atoms with Gasteiger partial charge >= 0.3 is 0 Å². The quantitative estimate of drug-likeness (QED) is 0.618. The highest BCUT2D eigenvalue weighted by atomic mass is 19.1. The number of rotatable bonds is 4. The topological polar surface area (TPSA) is 12.0 Å². The predicted octanol–water partition coefficient (Wildman–Crippen LogP) is 2.42. The Morgan fingerprint density at radius 3 is 2.55 bits per heavy atom. The third-order valence-electron chi connectivity index (χ3n) is 1.43. The van der Waals surface area contributed by atoms with E-state index in [1.165, 1.54) is 0 Å². The summed E-state index contributed by atoms with van der Waals surface area (Å²) in [6.45, 7) is 4.17. The van der Waals surface area contributed by atoms with Crippen molar-refractivity contribution in [1.82, 2.24) is 5.32 Å². The molecule has 0 aromatic heterocycles. The summed E-state index contributed by atoms with van der Waals surface area (Å²) >= 11 is 0. The highest BCUT2D eigenvalue weighted by molar-refractivity contribution is 5.21. The summed E-state index contributed by atoms with van der Waals surface area (Å²) in [5, 5.41) is 2.77. The van der Waals surface area contributed by atoms with Crippen LogP contribution < -0.4 is 5.32 Å². The van der Waals surface area contributed by atoms with Crippen molar-refractivity contribution >= 4 is 0 Å². The van der Waals surface area contributed by atoms with Crippen molar-refractivity contribution in [1.29, 1.82) is 0 Å². The summed E-state index contributed by atoms with van der Waals surface area (Å²) in [6.07, 6.45) is 4.42. The van der Waals surface area contributed by atoms with E-state index < -0.39 is 0 Å². The number of likely N-dealkylation sites (N-methyl/N-ethyl adjacent to an activating group) is 1. The maximum absolute atomic E-state index is 13.0. The van der Waals surface area contributed by atoms with E-state index in [2.05, 4.69) is 5.32 Å². The fourth-order valence-corrected chi connectivity index (χ4v) is 0.870. The maximum atomic E-state index is 13.0. The van der Waals surface area contributed by atoms with Crippen LogP contribution in [0.1, 0.15) is 20.3 Å². The van der Waals surface area contributed by atoms with Gasteiger partial charge in [0.25, 0.3) is 0 Å². The van der Waals surface area contributed by atoms with Crippen LogP contribution in [-0.2, 0) is 0 Å². The first-order chi connectivity index (χ1) is 5.26. The molecule has 0 fully saturated rings. The second-order valence-electron chi connectivity index (χ2n) is 2.31. The van der Waals surface area contributed by atoms with Crippen LogP contribution in [0.15, 0.2) is 23.6 Å². The molecule has 0 heterocycles. The van der Waals surface area contributed by atoms with Gasteiger partial charge in [0.1, 0.15) is 5.83 Å². The molecule has 0 amide bonds. The van der Waals surface area contributed by atoms with Crippen LogP contribution in [-0.4, -0.2) is 13.6 Å². The van der Waals surface area contributed by atoms with Crippen LogP contribution in [0.25, 0.3) is 0 Å². The van der Waals surface area contributed by atoms with Gasteiger partial charge in [0.2, 0.25) is 0 Å². The van der Waals surface area contributed by atoms with Gasteiger partial charge < -0.3 is 5.32 Å². The van der Waals surface area contributed by atoms with Crippen LogP contribution in [0.5, 0.6) is 0 Å². The van der Waals surface area contributed by atoms with Crippen LogP contribution in [0.3, 0.4) is 0 Å². The Morgan fingerprint density at radius 1 is 1.55 bits per heavy atom. The first kappa shape index (κ1) is 10.4. The number of nitrogens with one attached hydrogen (secondary N) is 1. The van der Waals surface area contributed by atoms with Gasteiger partial charge in [0.15, 0.2) is 0 Å². The van der Waals surface area contributed by atoms with Crippen molar-refractivity contribution < 1.29 is 4.39 Å². The Morgan fingerprint density at radius 2 is 2.18 bits per heavy atom. The zero-order chi connectivity index (χ0) is 8.69. The Labute approximate surface area is 68.0 Å². The van der Waals surface area contributed by atoms with Crippen molar-refractivity contribution in [2.75, 3.05) is 13.6 Å². The summed E-state index contributed by atoms with van der Waals surface area (Å²) in [4.78, 5) is 0. The third-order valence-corrected chi connectivity index (χ3v) is 1.43. The Hall–Kier alpha value is -0.630. The molecule has 0 aromatic rings. The first-order valence-electron chi connectivity index (χ1n) is 3.91. The molecule has 0 radical (unpaired) electrons. The molecule has 0 aromatic carbocycles. The van der Waals surface area contributed by atoms with Crippen molar-refractivity contribution in [3.63, 3.8) is 0 Å². The van der Waals surface area contributed by atoms with E-state index in [0.717, 1.165) is 12.0 Å². The lowest BCUT2D eigenvalue weighted by atomic mass is 10.1. The lowest BCUT2D eigenvalue weighted by molar-refractivity contribution is 0.580. The summed E-state index contributed by atoms with van der Waals surface area (Å²) < 4.78 is 13.0. The zero-order valence-electron chi connectivity index (χ0n) is 7.45. The van der Waals surface area contributed by atoms with Gasteiger partial charge in [-0.1, -0.05) is 19.1 Å². The minimum absolute atomic E-state index is 0.0619. The smallest absolute Gasteiger partial charge is 0.117 e. The SMILES string of the molecule is C/C=C\C(CC)=C(\F)CNC. The molecule has 0 spiro atoms.